The molecule has 12 nitrogen and oxygen atoms in total. The lowest BCUT2D eigenvalue weighted by Gasteiger charge is -2.16. The minimum Gasteiger partial charge on any atom is -0.387 e. The van der Waals surface area contributed by atoms with E-state index in [-0.39, 0.29) is 23.7 Å². The maximum atomic E-state index is 12.1. The van der Waals surface area contributed by atoms with Crippen molar-refractivity contribution in [2.24, 2.45) is 7.05 Å². The third kappa shape index (κ3) is 3.15. The van der Waals surface area contributed by atoms with Crippen LogP contribution in [0.3, 0.4) is 0 Å². The van der Waals surface area contributed by atoms with Crippen LogP contribution < -0.4 is 15.9 Å². The second kappa shape index (κ2) is 6.75. The number of nitrogens with two attached hydrogens (primary N) is 1. The number of anilines is 1. The van der Waals surface area contributed by atoms with Crippen LogP contribution in [0, 0.1) is 0 Å². The number of methoxy groups -OCH3 is 1. The van der Waals surface area contributed by atoms with Crippen LogP contribution in [0.25, 0.3) is 11.2 Å². The average molecular weight is 375 g/mol. The van der Waals surface area contributed by atoms with Crippen LogP contribution in [0.1, 0.15) is 6.23 Å². The molecule has 0 amide bonds. The van der Waals surface area contributed by atoms with Crippen molar-refractivity contribution in [2.75, 3.05) is 19.5 Å². The normalized spacial score (nSPS) is 27.1. The summed E-state index contributed by atoms with van der Waals surface area (Å²) >= 11 is 0. The molecule has 0 spiro atoms. The Morgan fingerprint density at radius 1 is 1.60 bits per heavy atom. The third-order valence-electron chi connectivity index (χ3n) is 4.00. The summed E-state index contributed by atoms with van der Waals surface area (Å²) in [6.45, 7) is -0.301. The molecule has 3 heterocycles. The average Bonchev–Trinajstić information content (AvgIpc) is 3.02. The number of hydrogen-bond donors (Lipinski definition) is 4. The molecule has 136 valence electrons. The molecule has 3 rings (SSSR count). The zero-order valence-electron chi connectivity index (χ0n) is 13.4. The van der Waals surface area contributed by atoms with Crippen LogP contribution in [0.4, 0.5) is 5.95 Å². The monoisotopic (exact) mass is 375 g/mol. The van der Waals surface area contributed by atoms with E-state index in [9.17, 15) is 14.5 Å². The first kappa shape index (κ1) is 17.9. The number of aromatic nitrogens is 4. The molecule has 13 heteroatoms. The molecule has 1 saturated heterocycles. The fourth-order valence-corrected chi connectivity index (χ4v) is 3.20. The van der Waals surface area contributed by atoms with Gasteiger partial charge in [-0.3, -0.25) is 14.3 Å². The molecule has 3 unspecified atom stereocenters. The standard InChI is InChI=1S/C12H16N5O7P/c1-16-4-17(9-6(16)10(19)15-12(13)14-9)11-8(22-2)7(18)5(24-11)3-23-25(20)21/h4-5,7-8,11,18H,3H2,1-2H3,(H2-2,13,14,15,19,20,21)/p+2/t5-,7?,8?,11-/m1/s1. The molecule has 0 bridgehead atoms. The summed E-state index contributed by atoms with van der Waals surface area (Å²) in [7, 11) is 0.215. The van der Waals surface area contributed by atoms with E-state index in [1.807, 2.05) is 0 Å². The van der Waals surface area contributed by atoms with E-state index in [4.69, 9.17) is 20.1 Å². The number of rotatable bonds is 5. The number of aliphatic hydroxyl groups excluding tert-OH is 1. The van der Waals surface area contributed by atoms with Crippen LogP contribution in [0.2, 0.25) is 0 Å². The van der Waals surface area contributed by atoms with Gasteiger partial charge in [-0.05, 0) is 0 Å². The SMILES string of the molecule is COC1C(O)[C@@H](CO[P+](=O)O)O[C@H]1[n+]1cn(C)c2c(=O)[nH]c(N)nc21. The van der Waals surface area contributed by atoms with Gasteiger partial charge < -0.3 is 20.3 Å². The summed E-state index contributed by atoms with van der Waals surface area (Å²) in [4.78, 5) is 27.4. The Hall–Kier alpha value is -1.95. The summed E-state index contributed by atoms with van der Waals surface area (Å²) in [6, 6.07) is 0. The second-order valence-electron chi connectivity index (χ2n) is 5.55. The van der Waals surface area contributed by atoms with Crippen molar-refractivity contribution >= 4 is 25.4 Å². The molecule has 5 N–H and O–H groups in total. The number of H-pyrrole nitrogens is 1. The molecule has 1 aliphatic heterocycles. The smallest absolute Gasteiger partial charge is 0.387 e. The van der Waals surface area contributed by atoms with E-state index < -0.39 is 38.4 Å². The van der Waals surface area contributed by atoms with Gasteiger partial charge in [0.15, 0.2) is 6.33 Å². The van der Waals surface area contributed by atoms with Gasteiger partial charge in [-0.2, -0.15) is 0 Å². The zero-order chi connectivity index (χ0) is 18.3. The Morgan fingerprint density at radius 3 is 2.96 bits per heavy atom. The number of aryl methyl sites for hydroxylation is 1. The van der Waals surface area contributed by atoms with Gasteiger partial charge in [-0.25, -0.2) is 4.57 Å². The summed E-state index contributed by atoms with van der Waals surface area (Å²) in [5, 5.41) is 10.3. The van der Waals surface area contributed by atoms with Crippen molar-refractivity contribution in [3.05, 3.63) is 16.7 Å². The van der Waals surface area contributed by atoms with Gasteiger partial charge in [0, 0.05) is 11.7 Å². The molecule has 0 radical (unpaired) electrons. The van der Waals surface area contributed by atoms with Crippen molar-refractivity contribution in [3.8, 4) is 0 Å². The lowest BCUT2D eigenvalue weighted by molar-refractivity contribution is -0.746. The Kier molecular flexibility index (Phi) is 4.82. The van der Waals surface area contributed by atoms with Crippen molar-refractivity contribution in [2.45, 2.75) is 24.5 Å². The number of nitrogens with one attached hydrogen (secondary N) is 1. The highest BCUT2D eigenvalue weighted by Gasteiger charge is 2.49. The van der Waals surface area contributed by atoms with Crippen molar-refractivity contribution < 1.29 is 33.1 Å². The molecular formula is C12H18N5O7P+2. The molecule has 2 aromatic rings. The first-order chi connectivity index (χ1) is 11.8. The van der Waals surface area contributed by atoms with Crippen LogP contribution >= 0.6 is 8.25 Å². The lowest BCUT2D eigenvalue weighted by Crippen LogP contribution is -2.47. The number of nitrogen functional groups attached to an aromatic ring is 1. The maximum Gasteiger partial charge on any atom is 0.694 e. The molecular weight excluding hydrogens is 357 g/mol. The highest BCUT2D eigenvalue weighted by atomic mass is 31.1. The van der Waals surface area contributed by atoms with Crippen molar-refractivity contribution in [3.63, 3.8) is 0 Å². The first-order valence-electron chi connectivity index (χ1n) is 7.24. The van der Waals surface area contributed by atoms with Gasteiger partial charge in [0.2, 0.25) is 11.7 Å². The van der Waals surface area contributed by atoms with E-state index in [0.29, 0.717) is 0 Å². The number of imidazole rings is 1. The minimum absolute atomic E-state index is 0.0675. The van der Waals surface area contributed by atoms with Gasteiger partial charge in [0.05, 0.1) is 7.05 Å². The molecule has 25 heavy (non-hydrogen) atoms. The summed E-state index contributed by atoms with van der Waals surface area (Å²) in [5.74, 6) is -0.0675. The zero-order valence-corrected chi connectivity index (χ0v) is 14.3. The van der Waals surface area contributed by atoms with Crippen LogP contribution in [-0.4, -0.2) is 56.6 Å². The highest BCUT2D eigenvalue weighted by Crippen LogP contribution is 2.30. The molecule has 0 aliphatic carbocycles. The molecule has 5 atom stereocenters. The van der Waals surface area contributed by atoms with E-state index in [1.165, 1.54) is 16.2 Å². The predicted octanol–water partition coefficient (Wildman–Crippen LogP) is -1.93. The number of aromatic amines is 1. The topological polar surface area (TPSA) is 166 Å². The van der Waals surface area contributed by atoms with E-state index in [1.54, 1.807) is 13.4 Å². The predicted molar refractivity (Wildman–Crippen MR) is 82.4 cm³/mol. The van der Waals surface area contributed by atoms with Crippen LogP contribution in [0.15, 0.2) is 11.1 Å². The minimum atomic E-state index is -2.82. The highest BCUT2D eigenvalue weighted by molar-refractivity contribution is 7.32. The lowest BCUT2D eigenvalue weighted by atomic mass is 10.1. The van der Waals surface area contributed by atoms with Gasteiger partial charge in [0.25, 0.3) is 11.5 Å². The Morgan fingerprint density at radius 2 is 2.32 bits per heavy atom. The molecule has 0 aromatic carbocycles. The molecule has 1 fully saturated rings. The third-order valence-corrected chi connectivity index (χ3v) is 4.37. The quantitative estimate of drug-likeness (QED) is 0.344. The summed E-state index contributed by atoms with van der Waals surface area (Å²) in [6.07, 6.45) is -2.12. The maximum absolute atomic E-state index is 12.1. The number of aliphatic hydroxyl groups is 1. The van der Waals surface area contributed by atoms with Gasteiger partial charge in [-0.1, -0.05) is 4.98 Å². The van der Waals surface area contributed by atoms with Crippen molar-refractivity contribution in [1.82, 2.24) is 14.5 Å². The molecule has 2 aromatic heterocycles. The molecule has 1 aliphatic rings. The number of nitrogens with zero attached hydrogens (tertiary/aromatic N) is 3. The fraction of sp³-hybridized carbons (Fsp3) is 0.583. The number of hydrogen-bond acceptors (Lipinski definition) is 8. The van der Waals surface area contributed by atoms with E-state index >= 15 is 0 Å². The Bertz CT molecular complexity index is 867. The Balaban J connectivity index is 2.02. The van der Waals surface area contributed by atoms with Gasteiger partial charge >= 0.3 is 13.9 Å². The summed E-state index contributed by atoms with van der Waals surface area (Å²) in [5.41, 5.74) is 5.70. The van der Waals surface area contributed by atoms with Crippen molar-refractivity contribution in [1.29, 1.82) is 0 Å². The molecule has 0 saturated carbocycles. The van der Waals surface area contributed by atoms with Gasteiger partial charge in [-0.15, -0.1) is 9.42 Å². The van der Waals surface area contributed by atoms with Gasteiger partial charge in [0.1, 0.15) is 24.9 Å². The number of ether oxygens (including phenoxy) is 2. The van der Waals surface area contributed by atoms with Crippen LogP contribution in [0.5, 0.6) is 0 Å². The second-order valence-corrected chi connectivity index (χ2v) is 6.28. The Labute approximate surface area is 141 Å². The number of fused-ring (bicyclic) bond motifs is 1. The fourth-order valence-electron chi connectivity index (χ4n) is 2.93. The first-order valence-corrected chi connectivity index (χ1v) is 8.37. The van der Waals surface area contributed by atoms with E-state index in [2.05, 4.69) is 14.5 Å². The summed E-state index contributed by atoms with van der Waals surface area (Å²) < 4.78 is 29.4. The van der Waals surface area contributed by atoms with Crippen LogP contribution in [-0.2, 0) is 25.6 Å². The van der Waals surface area contributed by atoms with E-state index in [0.717, 1.165) is 0 Å². The largest absolute Gasteiger partial charge is 0.694 e.